The van der Waals surface area contributed by atoms with Crippen molar-refractivity contribution >= 4 is 6.29 Å². The minimum atomic E-state index is -0.319. The van der Waals surface area contributed by atoms with Gasteiger partial charge in [0.2, 0.25) is 0 Å². The van der Waals surface area contributed by atoms with Crippen molar-refractivity contribution in [2.45, 2.75) is 12.5 Å². The molecular formula is C27H26FN3O2. The largest absolute Gasteiger partial charge is 0.492 e. The second kappa shape index (κ2) is 12.8. The molecule has 0 bridgehead atoms. The number of ether oxygens (including phenoxy) is 1. The predicted octanol–water partition coefficient (Wildman–Crippen LogP) is 5.51. The molecule has 1 unspecified atom stereocenters. The van der Waals surface area contributed by atoms with E-state index in [2.05, 4.69) is 33.5 Å². The van der Waals surface area contributed by atoms with E-state index in [1.165, 1.54) is 29.8 Å². The minimum absolute atomic E-state index is 0.319. The Labute approximate surface area is 193 Å². The van der Waals surface area contributed by atoms with Crippen molar-refractivity contribution in [3.63, 3.8) is 0 Å². The molecule has 168 valence electrons. The highest BCUT2D eigenvalue weighted by Gasteiger charge is 2.20. The van der Waals surface area contributed by atoms with Crippen LogP contribution in [0.4, 0.5) is 4.39 Å². The Kier molecular flexibility index (Phi) is 9.24. The van der Waals surface area contributed by atoms with Gasteiger partial charge in [0.05, 0.1) is 18.3 Å². The molecule has 1 aliphatic rings. The number of fused-ring (bicyclic) bond motifs is 1. The third kappa shape index (κ3) is 7.33. The van der Waals surface area contributed by atoms with E-state index in [9.17, 15) is 9.18 Å². The van der Waals surface area contributed by atoms with E-state index in [1.54, 1.807) is 12.4 Å². The second-order valence-electron chi connectivity index (χ2n) is 7.14. The number of hydrogen-bond donors (Lipinski definition) is 1. The summed E-state index contributed by atoms with van der Waals surface area (Å²) in [6, 6.07) is 23.8. The summed E-state index contributed by atoms with van der Waals surface area (Å²) in [5.41, 5.74) is 3.91. The second-order valence-corrected chi connectivity index (χ2v) is 7.14. The summed E-state index contributed by atoms with van der Waals surface area (Å²) in [6.07, 6.45) is 7.14. The summed E-state index contributed by atoms with van der Waals surface area (Å²) in [6.45, 7) is 0.782. The number of nitrogens with zero attached hydrogens (tertiary/aromatic N) is 2. The van der Waals surface area contributed by atoms with E-state index >= 15 is 0 Å². The number of nitrogens with one attached hydrogen (secondary N) is 1. The molecule has 5 rings (SSSR count). The van der Waals surface area contributed by atoms with Crippen molar-refractivity contribution < 1.29 is 13.9 Å². The topological polar surface area (TPSA) is 64.1 Å². The first-order valence-corrected chi connectivity index (χ1v) is 10.6. The van der Waals surface area contributed by atoms with E-state index in [4.69, 9.17) is 4.74 Å². The number of pyridine rings is 2. The maximum absolute atomic E-state index is 12.1. The zero-order chi connectivity index (χ0) is 23.3. The number of hydrogen-bond acceptors (Lipinski definition) is 5. The zero-order valence-corrected chi connectivity index (χ0v) is 18.4. The maximum atomic E-state index is 12.1. The maximum Gasteiger partial charge on any atom is 0.150 e. The van der Waals surface area contributed by atoms with Gasteiger partial charge in [-0.1, -0.05) is 36.4 Å². The molecule has 2 aromatic carbocycles. The standard InChI is InChI=1S/C11H9N.C9H12N2O.C7H5FO/c1-2-5-10(6-3-1)11-7-4-8-12-9-11;1-10-7-4-6-12-8-3-2-5-11-9(7)8;8-7-3-1-6(5-9)2-4-7/h1-9H;2-3,5,7,10H,4,6H2,1H3;1-5H. The fraction of sp³-hybridized carbons (Fsp3) is 0.148. The average Bonchev–Trinajstić information content (AvgIpc) is 2.90. The highest BCUT2D eigenvalue weighted by molar-refractivity contribution is 5.74. The van der Waals surface area contributed by atoms with E-state index in [-0.39, 0.29) is 5.82 Å². The van der Waals surface area contributed by atoms with Crippen LogP contribution < -0.4 is 10.1 Å². The lowest BCUT2D eigenvalue weighted by Gasteiger charge is -2.23. The van der Waals surface area contributed by atoms with Crippen LogP contribution in [0.25, 0.3) is 11.1 Å². The van der Waals surface area contributed by atoms with E-state index in [1.807, 2.05) is 49.6 Å². The predicted molar refractivity (Wildman–Crippen MR) is 128 cm³/mol. The molecule has 1 N–H and O–H groups in total. The van der Waals surface area contributed by atoms with E-state index in [0.29, 0.717) is 17.9 Å². The third-order valence-electron chi connectivity index (χ3n) is 4.92. The first kappa shape index (κ1) is 23.8. The highest BCUT2D eigenvalue weighted by atomic mass is 19.1. The summed E-state index contributed by atoms with van der Waals surface area (Å²) in [4.78, 5) is 18.3. The van der Waals surface area contributed by atoms with Gasteiger partial charge in [0.25, 0.3) is 0 Å². The van der Waals surface area contributed by atoms with Crippen LogP contribution in [0.5, 0.6) is 5.75 Å². The molecule has 2 aromatic heterocycles. The van der Waals surface area contributed by atoms with Gasteiger partial charge in [-0.25, -0.2) is 4.39 Å². The molecule has 0 aliphatic carbocycles. The number of aromatic nitrogens is 2. The Balaban J connectivity index is 0.000000141. The zero-order valence-electron chi connectivity index (χ0n) is 18.4. The molecular weight excluding hydrogens is 417 g/mol. The Morgan fingerprint density at radius 3 is 2.33 bits per heavy atom. The molecule has 0 amide bonds. The molecule has 33 heavy (non-hydrogen) atoms. The molecule has 6 heteroatoms. The van der Waals surface area contributed by atoms with Crippen LogP contribution >= 0.6 is 0 Å². The van der Waals surface area contributed by atoms with Crippen LogP contribution in [0.3, 0.4) is 0 Å². The quantitative estimate of drug-likeness (QED) is 0.423. The Morgan fingerprint density at radius 2 is 1.67 bits per heavy atom. The van der Waals surface area contributed by atoms with Crippen molar-refractivity contribution in [1.82, 2.24) is 15.3 Å². The Bertz CT molecular complexity index is 1070. The fourth-order valence-corrected chi connectivity index (χ4v) is 3.20. The van der Waals surface area contributed by atoms with Crippen molar-refractivity contribution in [3.05, 3.63) is 115 Å². The molecule has 1 aliphatic heterocycles. The minimum Gasteiger partial charge on any atom is -0.492 e. The summed E-state index contributed by atoms with van der Waals surface area (Å²) >= 11 is 0. The van der Waals surface area contributed by atoms with Gasteiger partial charge in [0.15, 0.2) is 0 Å². The first-order valence-electron chi connectivity index (χ1n) is 10.6. The molecule has 0 saturated heterocycles. The molecule has 0 saturated carbocycles. The van der Waals surface area contributed by atoms with Gasteiger partial charge in [0, 0.05) is 30.6 Å². The van der Waals surface area contributed by atoms with Gasteiger partial charge >= 0.3 is 0 Å². The van der Waals surface area contributed by atoms with Crippen LogP contribution in [0.2, 0.25) is 0 Å². The van der Waals surface area contributed by atoms with E-state index < -0.39 is 0 Å². The van der Waals surface area contributed by atoms with Gasteiger partial charge in [-0.15, -0.1) is 0 Å². The number of aldehydes is 1. The number of carbonyl (C=O) groups excluding carboxylic acids is 1. The number of rotatable bonds is 3. The van der Waals surface area contributed by atoms with Crippen LogP contribution in [-0.4, -0.2) is 29.9 Å². The van der Waals surface area contributed by atoms with Crippen molar-refractivity contribution in [1.29, 1.82) is 0 Å². The Morgan fingerprint density at radius 1 is 0.939 bits per heavy atom. The first-order chi connectivity index (χ1) is 16.2. The number of carbonyl (C=O) groups is 1. The fourth-order valence-electron chi connectivity index (χ4n) is 3.20. The van der Waals surface area contributed by atoms with Crippen LogP contribution in [0, 0.1) is 5.82 Å². The SMILES string of the molecule is CNC1CCOc2cccnc21.O=Cc1ccc(F)cc1.c1ccc(-c2cccnc2)cc1. The summed E-state index contributed by atoms with van der Waals surface area (Å²) in [7, 11) is 1.95. The molecule has 5 nitrogen and oxygen atoms in total. The van der Waals surface area contributed by atoms with E-state index in [0.717, 1.165) is 30.0 Å². The molecule has 0 spiro atoms. The number of halogens is 1. The lowest BCUT2D eigenvalue weighted by Crippen LogP contribution is -2.24. The van der Waals surface area contributed by atoms with Crippen molar-refractivity contribution in [3.8, 4) is 16.9 Å². The van der Waals surface area contributed by atoms with Crippen molar-refractivity contribution in [2.24, 2.45) is 0 Å². The summed E-state index contributed by atoms with van der Waals surface area (Å²) in [5.74, 6) is 0.601. The Hall–Kier alpha value is -3.90. The number of benzene rings is 2. The normalized spacial score (nSPS) is 13.7. The lowest BCUT2D eigenvalue weighted by atomic mass is 10.1. The lowest BCUT2D eigenvalue weighted by molar-refractivity contribution is 0.112. The monoisotopic (exact) mass is 443 g/mol. The smallest absolute Gasteiger partial charge is 0.150 e. The van der Waals surface area contributed by atoms with Gasteiger partial charge in [-0.2, -0.15) is 0 Å². The molecule has 4 aromatic rings. The molecule has 0 fully saturated rings. The van der Waals surface area contributed by atoms with Gasteiger partial charge in [-0.05, 0) is 60.6 Å². The summed E-state index contributed by atoms with van der Waals surface area (Å²) < 4.78 is 17.6. The van der Waals surface area contributed by atoms with Crippen LogP contribution in [0.1, 0.15) is 28.5 Å². The van der Waals surface area contributed by atoms with Crippen molar-refractivity contribution in [2.75, 3.05) is 13.7 Å². The average molecular weight is 444 g/mol. The molecule has 1 atom stereocenters. The summed E-state index contributed by atoms with van der Waals surface area (Å²) in [5, 5.41) is 3.22. The third-order valence-corrected chi connectivity index (χ3v) is 4.92. The van der Waals surface area contributed by atoms with Gasteiger partial charge < -0.3 is 10.1 Å². The van der Waals surface area contributed by atoms with Crippen LogP contribution in [-0.2, 0) is 0 Å². The van der Waals surface area contributed by atoms with Gasteiger partial charge in [-0.3, -0.25) is 14.8 Å². The highest BCUT2D eigenvalue weighted by Crippen LogP contribution is 2.28. The molecule has 0 radical (unpaired) electrons. The van der Waals surface area contributed by atoms with Gasteiger partial charge in [0.1, 0.15) is 17.9 Å². The van der Waals surface area contributed by atoms with Crippen LogP contribution in [0.15, 0.2) is 97.5 Å². The molecule has 3 heterocycles.